The molecule has 0 bridgehead atoms. The molecular formula is C22H28FN3O4S. The van der Waals surface area contributed by atoms with Gasteiger partial charge in [-0.3, -0.25) is 4.90 Å². The van der Waals surface area contributed by atoms with Gasteiger partial charge in [-0.05, 0) is 30.7 Å². The van der Waals surface area contributed by atoms with E-state index in [-0.39, 0.29) is 10.7 Å². The molecule has 1 fully saturated rings. The normalized spacial score (nSPS) is 24.1. The fraction of sp³-hybridized carbons (Fsp3) is 0.455. The summed E-state index contributed by atoms with van der Waals surface area (Å²) in [5, 5.41) is 11.3. The van der Waals surface area contributed by atoms with Gasteiger partial charge in [-0.25, -0.2) is 12.8 Å². The minimum absolute atomic E-state index is 0.0917. The van der Waals surface area contributed by atoms with E-state index in [1.807, 2.05) is 16.7 Å². The predicted octanol–water partition coefficient (Wildman–Crippen LogP) is 2.43. The molecule has 2 aliphatic rings. The number of fused-ring (bicyclic) bond motifs is 1. The lowest BCUT2D eigenvalue weighted by Gasteiger charge is -2.48. The van der Waals surface area contributed by atoms with E-state index in [9.17, 15) is 17.9 Å². The third-order valence-electron chi connectivity index (χ3n) is 6.03. The third kappa shape index (κ3) is 3.80. The smallest absolute Gasteiger partial charge is 0.245 e. The molecule has 0 spiro atoms. The lowest BCUT2D eigenvalue weighted by molar-refractivity contribution is -0.0236. The number of sulfonamides is 1. The van der Waals surface area contributed by atoms with E-state index in [2.05, 4.69) is 0 Å². The molecular weight excluding hydrogens is 421 g/mol. The number of aliphatic hydroxyl groups excluding tert-OH is 1. The maximum Gasteiger partial charge on any atom is 0.245 e. The van der Waals surface area contributed by atoms with E-state index in [4.69, 9.17) is 4.74 Å². The van der Waals surface area contributed by atoms with E-state index >= 15 is 0 Å². The van der Waals surface area contributed by atoms with Crippen molar-refractivity contribution in [2.24, 2.45) is 0 Å². The minimum atomic E-state index is -3.80. The Balaban J connectivity index is 1.66. The number of hydrogen-bond donors (Lipinski definition) is 1. The molecule has 168 valence electrons. The zero-order valence-electron chi connectivity index (χ0n) is 17.7. The van der Waals surface area contributed by atoms with Gasteiger partial charge < -0.3 is 14.7 Å². The molecule has 2 atom stereocenters. The van der Waals surface area contributed by atoms with Crippen molar-refractivity contribution in [3.05, 3.63) is 53.8 Å². The molecule has 9 heteroatoms. The third-order valence-corrected chi connectivity index (χ3v) is 7.96. The summed E-state index contributed by atoms with van der Waals surface area (Å²) in [5.74, 6) is 0.0854. The summed E-state index contributed by atoms with van der Waals surface area (Å²) in [6, 6.07) is 11.5. The van der Waals surface area contributed by atoms with Gasteiger partial charge in [0.2, 0.25) is 10.0 Å². The first kappa shape index (κ1) is 22.0. The number of rotatable bonds is 5. The highest BCUT2D eigenvalue weighted by molar-refractivity contribution is 7.89. The first-order valence-electron chi connectivity index (χ1n) is 10.5. The lowest BCUT2D eigenvalue weighted by Crippen LogP contribution is -2.61. The second-order valence-electron chi connectivity index (χ2n) is 7.82. The van der Waals surface area contributed by atoms with E-state index < -0.39 is 22.3 Å². The van der Waals surface area contributed by atoms with Crippen molar-refractivity contribution in [1.82, 2.24) is 9.21 Å². The molecule has 7 nitrogen and oxygen atoms in total. The fourth-order valence-electron chi connectivity index (χ4n) is 4.58. The molecule has 2 unspecified atom stereocenters. The molecule has 31 heavy (non-hydrogen) atoms. The number of ether oxygens (including phenoxy) is 1. The van der Waals surface area contributed by atoms with Gasteiger partial charge in [0.1, 0.15) is 23.8 Å². The Hall–Kier alpha value is -2.20. The Morgan fingerprint density at radius 2 is 1.81 bits per heavy atom. The largest absolute Gasteiger partial charge is 0.496 e. The van der Waals surface area contributed by atoms with E-state index in [0.29, 0.717) is 56.1 Å². The monoisotopic (exact) mass is 449 g/mol. The van der Waals surface area contributed by atoms with Gasteiger partial charge in [0.15, 0.2) is 0 Å². The molecule has 0 saturated carbocycles. The number of benzene rings is 2. The van der Waals surface area contributed by atoms with Crippen molar-refractivity contribution < 1.29 is 22.7 Å². The molecule has 4 rings (SSSR count). The molecule has 0 aromatic heterocycles. The molecule has 2 aromatic rings. The van der Waals surface area contributed by atoms with Gasteiger partial charge in [-0.2, -0.15) is 4.31 Å². The first-order valence-corrected chi connectivity index (χ1v) is 11.9. The molecule has 0 amide bonds. The highest BCUT2D eigenvalue weighted by atomic mass is 32.2. The van der Waals surface area contributed by atoms with Crippen LogP contribution in [0.25, 0.3) is 0 Å². The number of piperazine rings is 1. The Morgan fingerprint density at radius 3 is 2.45 bits per heavy atom. The number of hydrogen-bond acceptors (Lipinski definition) is 6. The molecule has 1 saturated heterocycles. The van der Waals surface area contributed by atoms with Crippen molar-refractivity contribution in [3.63, 3.8) is 0 Å². The average molecular weight is 450 g/mol. The SMILES string of the molecule is CCCN1C(N2CCN(c3ccccc3F)CC2)C(O)c2c(OC)cccc2S1(=O)=O. The van der Waals surface area contributed by atoms with Crippen LogP contribution in [0.15, 0.2) is 47.4 Å². The van der Waals surface area contributed by atoms with Gasteiger partial charge in [0.05, 0.1) is 17.7 Å². The maximum absolute atomic E-state index is 14.2. The zero-order chi connectivity index (χ0) is 22.2. The summed E-state index contributed by atoms with van der Waals surface area (Å²) in [6.07, 6.45) is -1.17. The second kappa shape index (κ2) is 8.74. The van der Waals surface area contributed by atoms with Crippen LogP contribution in [0.1, 0.15) is 25.0 Å². The first-order chi connectivity index (χ1) is 14.9. The van der Waals surface area contributed by atoms with Crippen molar-refractivity contribution in [2.75, 3.05) is 44.7 Å². The van der Waals surface area contributed by atoms with Gasteiger partial charge >= 0.3 is 0 Å². The van der Waals surface area contributed by atoms with Crippen LogP contribution in [0.3, 0.4) is 0 Å². The maximum atomic E-state index is 14.2. The summed E-state index contributed by atoms with van der Waals surface area (Å²) in [6.45, 7) is 4.27. The van der Waals surface area contributed by atoms with Crippen LogP contribution >= 0.6 is 0 Å². The van der Waals surface area contributed by atoms with Gasteiger partial charge in [0, 0.05) is 38.3 Å². The summed E-state index contributed by atoms with van der Waals surface area (Å²) in [7, 11) is -2.34. The summed E-state index contributed by atoms with van der Waals surface area (Å²) in [5.41, 5.74) is 0.843. The number of nitrogens with zero attached hydrogens (tertiary/aromatic N) is 3. The van der Waals surface area contributed by atoms with Crippen LogP contribution in [0.4, 0.5) is 10.1 Å². The Bertz CT molecular complexity index is 1040. The van der Waals surface area contributed by atoms with E-state index in [0.717, 1.165) is 0 Å². The topological polar surface area (TPSA) is 73.3 Å². The summed E-state index contributed by atoms with van der Waals surface area (Å²) >= 11 is 0. The number of aliphatic hydroxyl groups is 1. The van der Waals surface area contributed by atoms with Gasteiger partial charge in [-0.15, -0.1) is 0 Å². The standard InChI is InChI=1S/C22H28FN3O4S/c1-3-11-26-22(21(27)20-18(30-2)9-6-10-19(20)31(26,28)29)25-14-12-24(13-15-25)17-8-5-4-7-16(17)23/h4-10,21-22,27H,3,11-15H2,1-2H3. The molecule has 1 N–H and O–H groups in total. The van der Waals surface area contributed by atoms with Crippen LogP contribution in [-0.4, -0.2) is 68.7 Å². The quantitative estimate of drug-likeness (QED) is 0.756. The highest BCUT2D eigenvalue weighted by Gasteiger charge is 2.47. The Labute approximate surface area is 182 Å². The van der Waals surface area contributed by atoms with Crippen LogP contribution in [-0.2, 0) is 10.0 Å². The Morgan fingerprint density at radius 1 is 1.10 bits per heavy atom. The number of para-hydroxylation sites is 1. The Kier molecular flexibility index (Phi) is 6.20. The van der Waals surface area contributed by atoms with Crippen molar-refractivity contribution in [3.8, 4) is 5.75 Å². The molecule has 0 radical (unpaired) electrons. The van der Waals surface area contributed by atoms with Gasteiger partial charge in [0.25, 0.3) is 0 Å². The number of anilines is 1. The van der Waals surface area contributed by atoms with Crippen LogP contribution in [0.5, 0.6) is 5.75 Å². The van der Waals surface area contributed by atoms with Gasteiger partial charge in [-0.1, -0.05) is 25.1 Å². The predicted molar refractivity (Wildman–Crippen MR) is 116 cm³/mol. The molecule has 0 aliphatic carbocycles. The summed E-state index contributed by atoms with van der Waals surface area (Å²) < 4.78 is 47.9. The van der Waals surface area contributed by atoms with Crippen LogP contribution in [0, 0.1) is 5.82 Å². The minimum Gasteiger partial charge on any atom is -0.496 e. The van der Waals surface area contributed by atoms with Crippen LogP contribution in [0.2, 0.25) is 0 Å². The summed E-state index contributed by atoms with van der Waals surface area (Å²) in [4.78, 5) is 4.02. The van der Waals surface area contributed by atoms with Crippen molar-refractivity contribution >= 4 is 15.7 Å². The van der Waals surface area contributed by atoms with Crippen molar-refractivity contribution in [2.45, 2.75) is 30.5 Å². The second-order valence-corrected chi connectivity index (χ2v) is 9.68. The lowest BCUT2D eigenvalue weighted by atomic mass is 10.0. The molecule has 2 aromatic carbocycles. The van der Waals surface area contributed by atoms with E-state index in [1.54, 1.807) is 30.3 Å². The van der Waals surface area contributed by atoms with E-state index in [1.165, 1.54) is 23.5 Å². The number of halogens is 1. The highest BCUT2D eigenvalue weighted by Crippen LogP contribution is 2.43. The molecule has 2 heterocycles. The fourth-order valence-corrected chi connectivity index (χ4v) is 6.54. The van der Waals surface area contributed by atoms with Crippen molar-refractivity contribution in [1.29, 1.82) is 0 Å². The van der Waals surface area contributed by atoms with Crippen LogP contribution < -0.4 is 9.64 Å². The zero-order valence-corrected chi connectivity index (χ0v) is 18.6. The molecule has 2 aliphatic heterocycles. The number of methoxy groups -OCH3 is 1. The average Bonchev–Trinajstić information content (AvgIpc) is 2.78.